The van der Waals surface area contributed by atoms with E-state index in [0.717, 1.165) is 11.1 Å². The van der Waals surface area contributed by atoms with Gasteiger partial charge in [0.25, 0.3) is 0 Å². The maximum absolute atomic E-state index is 13.0. The van der Waals surface area contributed by atoms with E-state index in [-0.39, 0.29) is 45.8 Å². The Morgan fingerprint density at radius 3 is 2.27 bits per heavy atom. The Balaban J connectivity index is 1.08. The van der Waals surface area contributed by atoms with Gasteiger partial charge in [0, 0.05) is 37.3 Å². The molecule has 22 heteroatoms. The number of carbonyl (C=O) groups excluding carboxylic acids is 1. The van der Waals surface area contributed by atoms with E-state index in [1.807, 2.05) is 36.1 Å². The van der Waals surface area contributed by atoms with Crippen LogP contribution in [0.4, 0.5) is 22.2 Å². The van der Waals surface area contributed by atoms with Crippen molar-refractivity contribution in [3.8, 4) is 11.5 Å². The number of sulfonamides is 1. The summed E-state index contributed by atoms with van der Waals surface area (Å²) < 4.78 is 30.9. The molecule has 2 fully saturated rings. The summed E-state index contributed by atoms with van der Waals surface area (Å²) in [5.41, 5.74) is 2.74. The van der Waals surface area contributed by atoms with E-state index in [1.54, 1.807) is 24.3 Å². The number of primary sulfonamides is 1. The number of phenolic OH excluding ortho intramolecular Hbond substituents is 2. The monoisotopic (exact) mass is 827 g/mol. The Morgan fingerprint density at radius 1 is 0.966 bits per heavy atom. The third-order valence-corrected chi connectivity index (χ3v) is 11.2. The lowest BCUT2D eigenvalue weighted by Gasteiger charge is -2.22. The molecule has 0 spiro atoms. The number of anilines is 3. The summed E-state index contributed by atoms with van der Waals surface area (Å²) >= 11 is 0. The van der Waals surface area contributed by atoms with Crippen LogP contribution in [0.2, 0.25) is 0 Å². The minimum atomic E-state index is -3.89. The van der Waals surface area contributed by atoms with Crippen LogP contribution in [0, 0.1) is 0 Å². The molecule has 2 aliphatic rings. The van der Waals surface area contributed by atoms with Crippen molar-refractivity contribution in [3.05, 3.63) is 96.1 Å². The van der Waals surface area contributed by atoms with Gasteiger partial charge in [-0.15, -0.1) is 10.2 Å². The number of imidazole rings is 1. The minimum absolute atomic E-state index is 0.0821. The van der Waals surface area contributed by atoms with Crippen LogP contribution in [0.1, 0.15) is 48.5 Å². The molecule has 0 bridgehead atoms. The lowest BCUT2D eigenvalue weighted by molar-refractivity contribution is -0.0384. The van der Waals surface area contributed by atoms with E-state index in [2.05, 4.69) is 36.3 Å². The summed E-state index contributed by atoms with van der Waals surface area (Å²) in [5.74, 6) is 0.693. The molecule has 3 aromatic heterocycles. The Bertz CT molecular complexity index is 2510. The maximum atomic E-state index is 13.0. The number of nitrogens with one attached hydrogen (secondary N) is 3. The number of amides is 2. The van der Waals surface area contributed by atoms with Gasteiger partial charge in [-0.05, 0) is 78.2 Å². The van der Waals surface area contributed by atoms with Crippen molar-refractivity contribution < 1.29 is 38.4 Å². The lowest BCUT2D eigenvalue weighted by Crippen LogP contribution is -2.40. The van der Waals surface area contributed by atoms with Gasteiger partial charge in [0.1, 0.15) is 23.7 Å². The molecule has 59 heavy (non-hydrogen) atoms. The zero-order chi connectivity index (χ0) is 41.4. The highest BCUT2D eigenvalue weighted by Crippen LogP contribution is 2.39. The molecule has 8 rings (SSSR count). The second-order valence-corrected chi connectivity index (χ2v) is 15.7. The summed E-state index contributed by atoms with van der Waals surface area (Å²) in [7, 11) is -3.89. The molecule has 0 unspecified atom stereocenters. The molecule has 0 radical (unpaired) electrons. The number of carbonyl (C=O) groups is 1. The number of aliphatic hydroxyl groups is 2. The fraction of sp³-hybridized carbons (Fsp3) is 0.324. The van der Waals surface area contributed by atoms with Gasteiger partial charge >= 0.3 is 6.03 Å². The van der Waals surface area contributed by atoms with Crippen LogP contribution in [0.5, 0.6) is 11.5 Å². The third-order valence-electron chi connectivity index (χ3n) is 10.2. The number of fused-ring (bicyclic) bond motifs is 1. The van der Waals surface area contributed by atoms with Gasteiger partial charge in [0.2, 0.25) is 21.8 Å². The largest absolute Gasteiger partial charge is 0.508 e. The molecular formula is C37H41N13O8S. The minimum Gasteiger partial charge on any atom is -0.508 e. The first kappa shape index (κ1) is 39.4. The number of aromatic hydroxyl groups is 2. The summed E-state index contributed by atoms with van der Waals surface area (Å²) in [4.78, 5) is 30.5. The van der Waals surface area contributed by atoms with E-state index in [9.17, 15) is 33.6 Å². The third kappa shape index (κ3) is 8.29. The molecule has 308 valence electrons. The number of benzene rings is 3. The van der Waals surface area contributed by atoms with E-state index in [1.165, 1.54) is 40.0 Å². The first-order chi connectivity index (χ1) is 28.3. The van der Waals surface area contributed by atoms with E-state index in [4.69, 9.17) is 19.8 Å². The van der Waals surface area contributed by atoms with E-state index < -0.39 is 40.6 Å². The fourth-order valence-corrected chi connectivity index (χ4v) is 7.66. The summed E-state index contributed by atoms with van der Waals surface area (Å²) in [6.45, 7) is 3.35. The molecule has 21 nitrogen and oxygen atoms in total. The van der Waals surface area contributed by atoms with Crippen LogP contribution in [-0.2, 0) is 21.3 Å². The van der Waals surface area contributed by atoms with Gasteiger partial charge in [-0.1, -0.05) is 24.3 Å². The normalized spacial score (nSPS) is 20.7. The van der Waals surface area contributed by atoms with Gasteiger partial charge in [-0.2, -0.15) is 14.8 Å². The molecule has 2 saturated heterocycles. The number of hydrogen-bond acceptors (Lipinski definition) is 16. The van der Waals surface area contributed by atoms with Gasteiger partial charge < -0.3 is 46.0 Å². The number of aryl methyl sites for hydroxylation is 1. The standard InChI is InChI=1S/C37H41N13O8S/c1-2-50-46-33(45-47-50)31-29(53)30(54)35(58-31)49-19-40-28-32(39-17-27(20-3-9-24(51)10-4-20)21-5-11-25(52)12-6-21)43-36(44-34(28)49)48-16-15-23(18-48)42-37(55)41-22-7-13-26(14-8-22)59(38,56)57/h3-14,19,23,27,29-31,35,51-54H,2,15-18H2,1H3,(H2,38,56,57)(H,39,43,44)(H2,41,42,55)/t23-,29-,30+,31-,35+/m0/s1. The number of aromatic nitrogens is 8. The Hall–Kier alpha value is -6.46. The van der Waals surface area contributed by atoms with Crippen LogP contribution < -0.4 is 26.0 Å². The van der Waals surface area contributed by atoms with Crippen molar-refractivity contribution in [2.45, 2.75) is 61.3 Å². The number of ether oxygens (including phenoxy) is 1. The van der Waals surface area contributed by atoms with Gasteiger partial charge in [0.15, 0.2) is 29.3 Å². The summed E-state index contributed by atoms with van der Waals surface area (Å²) in [6.07, 6.45) is -3.09. The Labute approximate surface area is 336 Å². The molecule has 9 N–H and O–H groups in total. The zero-order valence-corrected chi connectivity index (χ0v) is 32.3. The summed E-state index contributed by atoms with van der Waals surface area (Å²) in [6, 6.07) is 18.3. The highest BCUT2D eigenvalue weighted by molar-refractivity contribution is 7.89. The van der Waals surface area contributed by atoms with Crippen LogP contribution in [0.3, 0.4) is 0 Å². The van der Waals surface area contributed by atoms with Gasteiger partial charge in [-0.3, -0.25) is 4.57 Å². The average molecular weight is 828 g/mol. The Morgan fingerprint density at radius 2 is 1.64 bits per heavy atom. The average Bonchev–Trinajstić information content (AvgIpc) is 4.03. The number of aliphatic hydroxyl groups excluding tert-OH is 2. The number of nitrogens with two attached hydrogens (primary N) is 1. The predicted molar refractivity (Wildman–Crippen MR) is 211 cm³/mol. The number of urea groups is 1. The van der Waals surface area contributed by atoms with Crippen molar-refractivity contribution in [3.63, 3.8) is 0 Å². The molecule has 6 aromatic rings. The molecule has 2 amide bonds. The van der Waals surface area contributed by atoms with Crippen molar-refractivity contribution in [1.29, 1.82) is 0 Å². The first-order valence-corrected chi connectivity index (χ1v) is 20.2. The Kier molecular flexibility index (Phi) is 10.7. The SMILES string of the molecule is CCn1nnc([C@H]2O[C@@H](n3cnc4c(NCC(c5ccc(O)cc5)c5ccc(O)cc5)nc(N5CC[C@H](NC(=O)Nc6ccc(S(N)(=O)=O)cc6)C5)nc43)[C@H](O)[C@@H]2O)n1. The number of rotatable bonds is 12. The van der Waals surface area contributed by atoms with Crippen LogP contribution in [0.25, 0.3) is 11.2 Å². The fourth-order valence-electron chi connectivity index (χ4n) is 7.14. The van der Waals surface area contributed by atoms with Crippen molar-refractivity contribution in [2.24, 2.45) is 5.14 Å². The number of phenols is 2. The first-order valence-electron chi connectivity index (χ1n) is 18.7. The highest BCUT2D eigenvalue weighted by Gasteiger charge is 2.47. The van der Waals surface area contributed by atoms with E-state index >= 15 is 0 Å². The second kappa shape index (κ2) is 16.1. The quantitative estimate of drug-likeness (QED) is 0.0868. The highest BCUT2D eigenvalue weighted by atomic mass is 32.2. The topological polar surface area (TPSA) is 294 Å². The van der Waals surface area contributed by atoms with Crippen LogP contribution >= 0.6 is 0 Å². The molecule has 0 saturated carbocycles. The number of nitrogens with zero attached hydrogens (tertiary/aromatic N) is 9. The maximum Gasteiger partial charge on any atom is 0.319 e. The van der Waals surface area contributed by atoms with Crippen LogP contribution in [0.15, 0.2) is 84.0 Å². The van der Waals surface area contributed by atoms with Crippen LogP contribution in [-0.4, -0.2) is 112 Å². The van der Waals surface area contributed by atoms with Crippen molar-refractivity contribution >= 4 is 44.7 Å². The molecule has 3 aromatic carbocycles. The lowest BCUT2D eigenvalue weighted by atomic mass is 9.91. The molecular weight excluding hydrogens is 787 g/mol. The summed E-state index contributed by atoms with van der Waals surface area (Å²) in [5, 5.41) is 68.9. The zero-order valence-electron chi connectivity index (χ0n) is 31.4. The molecule has 2 aliphatic heterocycles. The molecule has 5 heterocycles. The van der Waals surface area contributed by atoms with E-state index in [0.29, 0.717) is 49.6 Å². The van der Waals surface area contributed by atoms with Gasteiger partial charge in [0.05, 0.1) is 17.8 Å². The van der Waals surface area contributed by atoms with Gasteiger partial charge in [-0.25, -0.2) is 23.3 Å². The molecule has 5 atom stereocenters. The number of hydrogen-bond donors (Lipinski definition) is 8. The van der Waals surface area contributed by atoms with Crippen molar-refractivity contribution in [2.75, 3.05) is 35.2 Å². The number of tetrazole rings is 1. The second-order valence-electron chi connectivity index (χ2n) is 14.2. The predicted octanol–water partition coefficient (Wildman–Crippen LogP) is 1.53. The van der Waals surface area contributed by atoms with Crippen molar-refractivity contribution in [1.82, 2.24) is 45.0 Å². The molecule has 0 aliphatic carbocycles. The smallest absolute Gasteiger partial charge is 0.319 e.